The summed E-state index contributed by atoms with van der Waals surface area (Å²) >= 11 is 0. The fraction of sp³-hybridized carbons (Fsp3) is 0.636. The molecule has 0 aliphatic carbocycles. The van der Waals surface area contributed by atoms with Gasteiger partial charge in [0.25, 0.3) is 0 Å². The van der Waals surface area contributed by atoms with Gasteiger partial charge < -0.3 is 24.6 Å². The molecule has 1 saturated heterocycles. The van der Waals surface area contributed by atoms with E-state index in [4.69, 9.17) is 9.47 Å². The highest BCUT2D eigenvalue weighted by Crippen LogP contribution is 2.18. The van der Waals surface area contributed by atoms with Gasteiger partial charge >= 0.3 is 6.09 Å². The van der Waals surface area contributed by atoms with Crippen LogP contribution in [0.15, 0.2) is 35.3 Å². The second kappa shape index (κ2) is 9.96. The van der Waals surface area contributed by atoms with E-state index in [0.29, 0.717) is 13.1 Å². The summed E-state index contributed by atoms with van der Waals surface area (Å²) in [7, 11) is 0. The average molecular weight is 403 g/mol. The first-order valence-electron chi connectivity index (χ1n) is 10.6. The van der Waals surface area contributed by atoms with E-state index in [-0.39, 0.29) is 12.1 Å². The van der Waals surface area contributed by atoms with E-state index in [1.165, 1.54) is 5.56 Å². The molecule has 0 aromatic heterocycles. The van der Waals surface area contributed by atoms with E-state index in [9.17, 15) is 4.79 Å². The highest BCUT2D eigenvalue weighted by molar-refractivity contribution is 5.82. The van der Waals surface area contributed by atoms with Crippen LogP contribution in [0, 0.1) is 0 Å². The van der Waals surface area contributed by atoms with Gasteiger partial charge in [-0.25, -0.2) is 4.79 Å². The van der Waals surface area contributed by atoms with Gasteiger partial charge in [-0.1, -0.05) is 30.3 Å². The molecule has 1 amide bonds. The SMILES string of the molecule is CC(C)(C)OC(=O)N1CCN2C(NCCCOCCc3ccccc3)=NCC2C1. The van der Waals surface area contributed by atoms with Gasteiger partial charge in [-0.05, 0) is 39.2 Å². The molecule has 1 atom stereocenters. The number of fused-ring (bicyclic) bond motifs is 1. The smallest absolute Gasteiger partial charge is 0.410 e. The van der Waals surface area contributed by atoms with Crippen LogP contribution in [0.4, 0.5) is 4.79 Å². The van der Waals surface area contributed by atoms with Gasteiger partial charge in [-0.2, -0.15) is 0 Å². The predicted molar refractivity (Wildman–Crippen MR) is 114 cm³/mol. The topological polar surface area (TPSA) is 66.4 Å². The maximum absolute atomic E-state index is 12.3. The summed E-state index contributed by atoms with van der Waals surface area (Å²) in [6.07, 6.45) is 1.66. The van der Waals surface area contributed by atoms with Crippen molar-refractivity contribution in [1.82, 2.24) is 15.1 Å². The lowest BCUT2D eigenvalue weighted by molar-refractivity contribution is 0.0137. The number of carbonyl (C=O) groups excluding carboxylic acids is 1. The van der Waals surface area contributed by atoms with Gasteiger partial charge in [0, 0.05) is 32.8 Å². The maximum atomic E-state index is 12.3. The number of carbonyl (C=O) groups is 1. The van der Waals surface area contributed by atoms with E-state index in [1.807, 2.05) is 26.8 Å². The Balaban J connectivity index is 1.29. The van der Waals surface area contributed by atoms with Crippen molar-refractivity contribution in [2.45, 2.75) is 45.3 Å². The van der Waals surface area contributed by atoms with Crippen LogP contribution in [0.1, 0.15) is 32.8 Å². The lowest BCUT2D eigenvalue weighted by Crippen LogP contribution is -2.57. The quantitative estimate of drug-likeness (QED) is 0.710. The maximum Gasteiger partial charge on any atom is 0.410 e. The zero-order chi connectivity index (χ0) is 20.7. The first-order chi connectivity index (χ1) is 13.9. The summed E-state index contributed by atoms with van der Waals surface area (Å²) in [5, 5.41) is 3.43. The summed E-state index contributed by atoms with van der Waals surface area (Å²) in [4.78, 5) is 21.0. The average Bonchev–Trinajstić information content (AvgIpc) is 3.09. The van der Waals surface area contributed by atoms with Crippen molar-refractivity contribution in [2.24, 2.45) is 4.99 Å². The number of amides is 1. The van der Waals surface area contributed by atoms with Crippen LogP contribution < -0.4 is 5.32 Å². The third kappa shape index (κ3) is 6.63. The number of nitrogens with one attached hydrogen (secondary N) is 1. The van der Waals surface area contributed by atoms with Crippen LogP contribution >= 0.6 is 0 Å². The molecule has 160 valence electrons. The van der Waals surface area contributed by atoms with Crippen molar-refractivity contribution in [2.75, 3.05) is 45.9 Å². The van der Waals surface area contributed by atoms with E-state index in [0.717, 1.165) is 51.6 Å². The normalized spacial score (nSPS) is 19.0. The van der Waals surface area contributed by atoms with Gasteiger partial charge in [-0.3, -0.25) is 4.99 Å². The minimum Gasteiger partial charge on any atom is -0.444 e. The number of hydrogen-bond donors (Lipinski definition) is 1. The highest BCUT2D eigenvalue weighted by atomic mass is 16.6. The monoisotopic (exact) mass is 402 g/mol. The number of ether oxygens (including phenoxy) is 2. The number of hydrogen-bond acceptors (Lipinski definition) is 6. The molecule has 0 radical (unpaired) electrons. The van der Waals surface area contributed by atoms with Gasteiger partial charge in [-0.15, -0.1) is 0 Å². The van der Waals surface area contributed by atoms with Gasteiger partial charge in [0.05, 0.1) is 19.2 Å². The molecule has 3 rings (SSSR count). The third-order valence-electron chi connectivity index (χ3n) is 4.98. The van der Waals surface area contributed by atoms with Crippen molar-refractivity contribution in [3.05, 3.63) is 35.9 Å². The number of piperazine rings is 1. The second-order valence-electron chi connectivity index (χ2n) is 8.57. The Morgan fingerprint density at radius 2 is 2.00 bits per heavy atom. The zero-order valence-electron chi connectivity index (χ0n) is 17.9. The fourth-order valence-electron chi connectivity index (χ4n) is 3.53. The lowest BCUT2D eigenvalue weighted by atomic mass is 10.2. The molecule has 1 aromatic carbocycles. The number of guanidine groups is 1. The fourth-order valence-corrected chi connectivity index (χ4v) is 3.53. The van der Waals surface area contributed by atoms with E-state index >= 15 is 0 Å². The first kappa shape index (κ1) is 21.4. The predicted octanol–water partition coefficient (Wildman–Crippen LogP) is 2.52. The molecule has 1 unspecified atom stereocenters. The Kier molecular flexibility index (Phi) is 7.36. The number of rotatable bonds is 7. The molecule has 2 heterocycles. The molecule has 1 aromatic rings. The van der Waals surface area contributed by atoms with Gasteiger partial charge in [0.2, 0.25) is 0 Å². The molecule has 7 heteroatoms. The van der Waals surface area contributed by atoms with E-state index < -0.39 is 5.60 Å². The van der Waals surface area contributed by atoms with Crippen LogP contribution in [-0.4, -0.2) is 79.4 Å². The molecule has 1 fully saturated rings. The van der Waals surface area contributed by atoms with Crippen molar-refractivity contribution >= 4 is 12.1 Å². The molecular formula is C22H34N4O3. The van der Waals surface area contributed by atoms with Crippen LogP contribution in [0.25, 0.3) is 0 Å². The van der Waals surface area contributed by atoms with E-state index in [2.05, 4.69) is 39.5 Å². The summed E-state index contributed by atoms with van der Waals surface area (Å²) in [6.45, 7) is 10.8. The van der Waals surface area contributed by atoms with E-state index in [1.54, 1.807) is 4.90 Å². The highest BCUT2D eigenvalue weighted by Gasteiger charge is 2.36. The molecule has 0 bridgehead atoms. The van der Waals surface area contributed by atoms with Crippen LogP contribution in [0.5, 0.6) is 0 Å². The Hall–Kier alpha value is -2.28. The number of aliphatic imine (C=N–C) groups is 1. The largest absolute Gasteiger partial charge is 0.444 e. The van der Waals surface area contributed by atoms with Crippen molar-refractivity contribution < 1.29 is 14.3 Å². The van der Waals surface area contributed by atoms with Crippen LogP contribution in [-0.2, 0) is 15.9 Å². The molecular weight excluding hydrogens is 368 g/mol. The summed E-state index contributed by atoms with van der Waals surface area (Å²) in [5.41, 5.74) is 0.846. The van der Waals surface area contributed by atoms with Crippen molar-refractivity contribution in [3.63, 3.8) is 0 Å². The molecule has 1 N–H and O–H groups in total. The summed E-state index contributed by atoms with van der Waals surface area (Å²) < 4.78 is 11.2. The molecule has 7 nitrogen and oxygen atoms in total. The standard InChI is InChI=1S/C22H34N4O3/c1-22(2,3)29-21(27)25-12-13-26-19(17-25)16-24-20(26)23-11-7-14-28-15-10-18-8-5-4-6-9-18/h4-6,8-9,19H,7,10-17H2,1-3H3,(H,23,24). The Labute approximate surface area is 174 Å². The minimum absolute atomic E-state index is 0.230. The molecule has 2 aliphatic heterocycles. The number of benzene rings is 1. The molecule has 0 spiro atoms. The molecule has 0 saturated carbocycles. The third-order valence-corrected chi connectivity index (χ3v) is 4.98. The lowest BCUT2D eigenvalue weighted by Gasteiger charge is -2.39. The summed E-state index contributed by atoms with van der Waals surface area (Å²) in [5.74, 6) is 0.947. The van der Waals surface area contributed by atoms with Crippen molar-refractivity contribution in [3.8, 4) is 0 Å². The minimum atomic E-state index is -0.462. The first-order valence-corrected chi connectivity index (χ1v) is 10.6. The van der Waals surface area contributed by atoms with Crippen molar-refractivity contribution in [1.29, 1.82) is 0 Å². The second-order valence-corrected chi connectivity index (χ2v) is 8.57. The van der Waals surface area contributed by atoms with Gasteiger partial charge in [0.1, 0.15) is 5.60 Å². The summed E-state index contributed by atoms with van der Waals surface area (Å²) in [6, 6.07) is 10.6. The number of nitrogens with zero attached hydrogens (tertiary/aromatic N) is 3. The molecule has 29 heavy (non-hydrogen) atoms. The van der Waals surface area contributed by atoms with Crippen LogP contribution in [0.3, 0.4) is 0 Å². The van der Waals surface area contributed by atoms with Crippen LogP contribution in [0.2, 0.25) is 0 Å². The molecule has 2 aliphatic rings. The Morgan fingerprint density at radius 3 is 2.76 bits per heavy atom. The zero-order valence-corrected chi connectivity index (χ0v) is 17.9. The van der Waals surface area contributed by atoms with Gasteiger partial charge in [0.15, 0.2) is 5.96 Å². The Morgan fingerprint density at radius 1 is 1.21 bits per heavy atom. The Bertz CT molecular complexity index is 687.